The largest absolute Gasteiger partial charge is 0.506 e. The third-order valence-electron chi connectivity index (χ3n) is 8.34. The SMILES string of the molecule is C=CC(=O)N1CCc2nn(-c3ccc(C4CCC4)cc3O)c3c2C(C1)N(C(=O)c1cnc(C(F)(F)F)c(O)c1)CC3. The van der Waals surface area contributed by atoms with Gasteiger partial charge in [-0.15, -0.1) is 0 Å². The van der Waals surface area contributed by atoms with Crippen LogP contribution in [-0.4, -0.2) is 66.2 Å². The second-order valence-corrected chi connectivity index (χ2v) is 10.7. The molecule has 2 amide bonds. The van der Waals surface area contributed by atoms with Crippen molar-refractivity contribution in [1.29, 1.82) is 0 Å². The van der Waals surface area contributed by atoms with Crippen LogP contribution in [0.5, 0.6) is 11.5 Å². The highest BCUT2D eigenvalue weighted by atomic mass is 19.4. The number of hydrogen-bond donors (Lipinski definition) is 2. The smallest absolute Gasteiger partial charge is 0.437 e. The van der Waals surface area contributed by atoms with Gasteiger partial charge in [0.05, 0.1) is 23.0 Å². The minimum Gasteiger partial charge on any atom is -0.506 e. The van der Waals surface area contributed by atoms with E-state index in [-0.39, 0.29) is 30.3 Å². The van der Waals surface area contributed by atoms with Crippen LogP contribution in [0, 0.1) is 0 Å². The first-order chi connectivity index (χ1) is 19.6. The number of halogens is 3. The maximum Gasteiger partial charge on any atom is 0.437 e. The average Bonchev–Trinajstić information content (AvgIpc) is 3.15. The molecule has 0 radical (unpaired) electrons. The van der Waals surface area contributed by atoms with Gasteiger partial charge in [-0.1, -0.05) is 19.1 Å². The normalized spacial score (nSPS) is 18.9. The van der Waals surface area contributed by atoms with Crippen LogP contribution in [0.15, 0.2) is 43.1 Å². The summed E-state index contributed by atoms with van der Waals surface area (Å²) in [5, 5.41) is 25.8. The number of phenolic OH excluding ortho intramolecular Hbond substituents is 1. The number of benzene rings is 1. The second kappa shape index (κ2) is 9.93. The monoisotopic (exact) mass is 567 g/mol. The van der Waals surface area contributed by atoms with E-state index in [1.807, 2.05) is 12.1 Å². The van der Waals surface area contributed by atoms with Gasteiger partial charge < -0.3 is 20.0 Å². The van der Waals surface area contributed by atoms with Crippen molar-refractivity contribution in [1.82, 2.24) is 24.6 Å². The van der Waals surface area contributed by atoms with Crippen molar-refractivity contribution < 1.29 is 33.0 Å². The van der Waals surface area contributed by atoms with Gasteiger partial charge in [-0.3, -0.25) is 9.59 Å². The molecule has 2 aliphatic heterocycles. The lowest BCUT2D eigenvalue weighted by molar-refractivity contribution is -0.142. The molecule has 1 aliphatic carbocycles. The molecule has 0 bridgehead atoms. The molecule has 1 fully saturated rings. The molecular formula is C29H28F3N5O4. The fourth-order valence-corrected chi connectivity index (χ4v) is 6.04. The average molecular weight is 568 g/mol. The maximum absolute atomic E-state index is 13.7. The summed E-state index contributed by atoms with van der Waals surface area (Å²) in [6, 6.07) is 5.74. The van der Waals surface area contributed by atoms with Gasteiger partial charge in [0.15, 0.2) is 5.69 Å². The number of rotatable bonds is 4. The van der Waals surface area contributed by atoms with Crippen molar-refractivity contribution >= 4 is 11.8 Å². The number of aromatic nitrogens is 3. The van der Waals surface area contributed by atoms with Crippen LogP contribution < -0.4 is 0 Å². The van der Waals surface area contributed by atoms with Gasteiger partial charge in [-0.2, -0.15) is 18.3 Å². The number of amides is 2. The summed E-state index contributed by atoms with van der Waals surface area (Å²) >= 11 is 0. The predicted octanol–water partition coefficient (Wildman–Crippen LogP) is 4.28. The number of phenols is 1. The molecule has 6 rings (SSSR count). The highest BCUT2D eigenvalue weighted by Gasteiger charge is 2.41. The van der Waals surface area contributed by atoms with Crippen LogP contribution in [0.25, 0.3) is 5.69 Å². The summed E-state index contributed by atoms with van der Waals surface area (Å²) in [6.45, 7) is 4.18. The van der Waals surface area contributed by atoms with E-state index in [0.717, 1.165) is 41.9 Å². The maximum atomic E-state index is 13.7. The number of carbonyl (C=O) groups is 2. The Hall–Kier alpha value is -4.35. The summed E-state index contributed by atoms with van der Waals surface area (Å²) in [7, 11) is 0. The molecule has 1 unspecified atom stereocenters. The molecular weight excluding hydrogens is 539 g/mol. The molecule has 1 aromatic carbocycles. The van der Waals surface area contributed by atoms with Crippen LogP contribution in [0.4, 0.5) is 13.2 Å². The molecule has 0 saturated heterocycles. The number of nitrogens with zero attached hydrogens (tertiary/aromatic N) is 5. The highest BCUT2D eigenvalue weighted by Crippen LogP contribution is 2.42. The lowest BCUT2D eigenvalue weighted by atomic mass is 9.80. The molecule has 1 saturated carbocycles. The number of alkyl halides is 3. The van der Waals surface area contributed by atoms with Gasteiger partial charge in [0, 0.05) is 44.2 Å². The molecule has 41 heavy (non-hydrogen) atoms. The van der Waals surface area contributed by atoms with E-state index in [2.05, 4.69) is 11.6 Å². The summed E-state index contributed by atoms with van der Waals surface area (Å²) in [5.74, 6) is -1.54. The quantitative estimate of drug-likeness (QED) is 0.456. The van der Waals surface area contributed by atoms with Gasteiger partial charge >= 0.3 is 6.18 Å². The van der Waals surface area contributed by atoms with Crippen molar-refractivity contribution in [3.8, 4) is 17.2 Å². The summed E-state index contributed by atoms with van der Waals surface area (Å²) in [4.78, 5) is 32.6. The molecule has 2 aromatic heterocycles. The Labute approximate surface area is 233 Å². The van der Waals surface area contributed by atoms with E-state index in [1.165, 1.54) is 17.4 Å². The zero-order valence-electron chi connectivity index (χ0n) is 22.1. The molecule has 4 heterocycles. The Morgan fingerprint density at radius 3 is 2.49 bits per heavy atom. The molecule has 12 heteroatoms. The van der Waals surface area contributed by atoms with Crippen LogP contribution >= 0.6 is 0 Å². The Balaban J connectivity index is 1.40. The van der Waals surface area contributed by atoms with Crippen molar-refractivity contribution in [3.63, 3.8) is 0 Å². The Kier molecular flexibility index (Phi) is 6.50. The Morgan fingerprint density at radius 1 is 1.07 bits per heavy atom. The fourth-order valence-electron chi connectivity index (χ4n) is 6.04. The summed E-state index contributed by atoms with van der Waals surface area (Å²) in [6.07, 6.45) is 1.24. The fraction of sp³-hybridized carbons (Fsp3) is 0.379. The molecule has 1 atom stereocenters. The van der Waals surface area contributed by atoms with Gasteiger partial charge in [0.25, 0.3) is 5.91 Å². The minimum atomic E-state index is -4.87. The van der Waals surface area contributed by atoms with Crippen LogP contribution in [0.2, 0.25) is 0 Å². The summed E-state index contributed by atoms with van der Waals surface area (Å²) in [5.41, 5.74) is 2.13. The first kappa shape index (κ1) is 26.9. The van der Waals surface area contributed by atoms with E-state index in [4.69, 9.17) is 5.10 Å². The molecule has 3 aromatic rings. The van der Waals surface area contributed by atoms with Gasteiger partial charge in [-0.05, 0) is 48.6 Å². The first-order valence-corrected chi connectivity index (χ1v) is 13.5. The van der Waals surface area contributed by atoms with Crippen molar-refractivity contribution in [3.05, 3.63) is 76.9 Å². The number of hydrogen-bond acceptors (Lipinski definition) is 6. The van der Waals surface area contributed by atoms with Crippen molar-refractivity contribution in [2.24, 2.45) is 0 Å². The Bertz CT molecular complexity index is 1560. The van der Waals surface area contributed by atoms with Gasteiger partial charge in [0.2, 0.25) is 5.91 Å². The van der Waals surface area contributed by atoms with Crippen LogP contribution in [0.1, 0.15) is 69.8 Å². The molecule has 0 spiro atoms. The number of aromatic hydroxyl groups is 2. The topological polar surface area (TPSA) is 112 Å². The van der Waals surface area contributed by atoms with E-state index in [1.54, 1.807) is 15.6 Å². The van der Waals surface area contributed by atoms with E-state index < -0.39 is 29.6 Å². The number of carbonyl (C=O) groups excluding carboxylic acids is 2. The van der Waals surface area contributed by atoms with Crippen LogP contribution in [0.3, 0.4) is 0 Å². The zero-order valence-corrected chi connectivity index (χ0v) is 22.1. The van der Waals surface area contributed by atoms with Gasteiger partial charge in [-0.25, -0.2) is 9.67 Å². The van der Waals surface area contributed by atoms with E-state index >= 15 is 0 Å². The molecule has 2 N–H and O–H groups in total. The molecule has 3 aliphatic rings. The standard InChI is InChI=1S/C29H28F3N5O4/c1-2-25(40)35-10-8-19-26-21(37(34-19)20-7-6-17(12-23(20)38)16-4-3-5-16)9-11-36(22(26)15-35)28(41)18-13-24(39)27(33-14-18)29(30,31)32/h2,6-7,12-14,16,22,38-39H,1,3-5,8-11,15H2. The Morgan fingerprint density at radius 2 is 1.85 bits per heavy atom. The number of pyridine rings is 1. The minimum absolute atomic E-state index is 0.105. The zero-order chi connectivity index (χ0) is 29.1. The second-order valence-electron chi connectivity index (χ2n) is 10.7. The predicted molar refractivity (Wildman–Crippen MR) is 141 cm³/mol. The molecule has 214 valence electrons. The van der Waals surface area contributed by atoms with Crippen LogP contribution in [-0.2, 0) is 23.8 Å². The van der Waals surface area contributed by atoms with E-state index in [0.29, 0.717) is 36.7 Å². The lowest BCUT2D eigenvalue weighted by Gasteiger charge is -2.37. The summed E-state index contributed by atoms with van der Waals surface area (Å²) < 4.78 is 41.1. The van der Waals surface area contributed by atoms with E-state index in [9.17, 15) is 33.0 Å². The third kappa shape index (κ3) is 4.60. The lowest BCUT2D eigenvalue weighted by Crippen LogP contribution is -2.45. The van der Waals surface area contributed by atoms with Gasteiger partial charge in [0.1, 0.15) is 17.2 Å². The molecule has 9 nitrogen and oxygen atoms in total. The highest BCUT2D eigenvalue weighted by molar-refractivity contribution is 5.95. The third-order valence-corrected chi connectivity index (χ3v) is 8.34. The van der Waals surface area contributed by atoms with Crippen molar-refractivity contribution in [2.75, 3.05) is 19.6 Å². The van der Waals surface area contributed by atoms with Crippen molar-refractivity contribution in [2.45, 2.75) is 50.2 Å². The first-order valence-electron chi connectivity index (χ1n) is 13.5.